The topological polar surface area (TPSA) is 168 Å². The Balaban J connectivity index is 1.41. The number of ether oxygens (including phenoxy) is 2. The minimum atomic E-state index is -1.04. The van der Waals surface area contributed by atoms with Crippen LogP contribution in [0, 0.1) is 11.3 Å². The van der Waals surface area contributed by atoms with Gasteiger partial charge >= 0.3 is 6.03 Å². The number of Topliss-reactive ketones (excluding diaryl/α,β-unsaturated/α-hetero) is 1. The van der Waals surface area contributed by atoms with Gasteiger partial charge in [-0.15, -0.1) is 0 Å². The molecule has 4 atom stereocenters. The van der Waals surface area contributed by atoms with Gasteiger partial charge in [-0.3, -0.25) is 19.2 Å². The maximum absolute atomic E-state index is 14.4. The second-order valence-electron chi connectivity index (χ2n) is 15.7. The molecule has 5 rings (SSSR count). The number of likely N-dealkylation sites (tertiary alicyclic amines) is 1. The number of carbonyl (C=O) groups excluding carboxylic acids is 5. The smallest absolute Gasteiger partial charge is 0.315 e. The lowest BCUT2D eigenvalue weighted by Gasteiger charge is -2.36. The van der Waals surface area contributed by atoms with E-state index in [1.54, 1.807) is 19.4 Å². The summed E-state index contributed by atoms with van der Waals surface area (Å²) in [7, 11) is 1.59. The van der Waals surface area contributed by atoms with Crippen LogP contribution in [-0.4, -0.2) is 88.9 Å². The molecule has 0 spiro atoms. The fraction of sp³-hybridized carbons (Fsp3) is 0.611. The third-order valence-corrected chi connectivity index (χ3v) is 8.97. The average Bonchev–Trinajstić information content (AvgIpc) is 3.96. The molecule has 1 saturated heterocycles. The van der Waals surface area contributed by atoms with Gasteiger partial charge in [-0.25, -0.2) is 9.78 Å². The van der Waals surface area contributed by atoms with Crippen LogP contribution >= 0.6 is 0 Å². The van der Waals surface area contributed by atoms with Crippen molar-refractivity contribution in [3.05, 3.63) is 30.5 Å². The van der Waals surface area contributed by atoms with E-state index >= 15 is 0 Å². The molecule has 3 aliphatic rings. The maximum atomic E-state index is 14.4. The Morgan fingerprint density at radius 1 is 0.980 bits per heavy atom. The summed E-state index contributed by atoms with van der Waals surface area (Å²) < 4.78 is 11.8. The number of hydrogen-bond acceptors (Lipinski definition) is 8. The van der Waals surface area contributed by atoms with E-state index in [-0.39, 0.29) is 24.9 Å². The number of methoxy groups -OCH3 is 1. The van der Waals surface area contributed by atoms with Gasteiger partial charge < -0.3 is 35.6 Å². The molecule has 1 aromatic heterocycles. The molecule has 13 heteroatoms. The largest absolute Gasteiger partial charge is 0.497 e. The Morgan fingerprint density at radius 3 is 2.31 bits per heavy atom. The number of carbonyl (C=O) groups is 5. The zero-order valence-electron chi connectivity index (χ0n) is 29.6. The van der Waals surface area contributed by atoms with E-state index in [0.29, 0.717) is 18.1 Å². The van der Waals surface area contributed by atoms with Gasteiger partial charge in [0.05, 0.1) is 19.7 Å². The molecule has 2 saturated carbocycles. The summed E-state index contributed by atoms with van der Waals surface area (Å²) in [5, 5.41) is 12.8. The lowest BCUT2D eigenvalue weighted by Crippen LogP contribution is -2.61. The summed E-state index contributed by atoms with van der Waals surface area (Å²) in [4.78, 5) is 73.5. The van der Waals surface area contributed by atoms with Gasteiger partial charge in [-0.1, -0.05) is 33.6 Å². The lowest BCUT2D eigenvalue weighted by atomic mass is 9.85. The van der Waals surface area contributed by atoms with Gasteiger partial charge in [-0.05, 0) is 81.0 Å². The van der Waals surface area contributed by atoms with Gasteiger partial charge in [-0.2, -0.15) is 0 Å². The number of nitrogens with zero attached hydrogens (tertiary/aromatic N) is 2. The Bertz CT molecular complexity index is 1590. The molecule has 2 heterocycles. The molecule has 2 aliphatic carbocycles. The molecular weight excluding hydrogens is 628 g/mol. The van der Waals surface area contributed by atoms with Crippen molar-refractivity contribution in [3.8, 4) is 11.6 Å². The van der Waals surface area contributed by atoms with E-state index < -0.39 is 64.7 Å². The first kappa shape index (κ1) is 35.9. The molecule has 1 unspecified atom stereocenters. The summed E-state index contributed by atoms with van der Waals surface area (Å²) >= 11 is 0. The molecule has 13 nitrogen and oxygen atoms in total. The Hall–Kier alpha value is -4.42. The van der Waals surface area contributed by atoms with Gasteiger partial charge in [0.1, 0.15) is 23.9 Å². The van der Waals surface area contributed by atoms with Gasteiger partial charge in [0.25, 0.3) is 5.91 Å². The van der Waals surface area contributed by atoms with Crippen molar-refractivity contribution in [1.82, 2.24) is 31.2 Å². The van der Waals surface area contributed by atoms with E-state index in [4.69, 9.17) is 9.47 Å². The highest BCUT2D eigenvalue weighted by Gasteiger charge is 2.47. The minimum absolute atomic E-state index is 0.00402. The number of ketones is 1. The predicted octanol–water partition coefficient (Wildman–Crippen LogP) is 3.24. The lowest BCUT2D eigenvalue weighted by molar-refractivity contribution is -0.144. The molecule has 266 valence electrons. The second kappa shape index (κ2) is 14.2. The van der Waals surface area contributed by atoms with Crippen molar-refractivity contribution in [3.63, 3.8) is 0 Å². The summed E-state index contributed by atoms with van der Waals surface area (Å²) in [6.45, 7) is 11.1. The first-order valence-corrected chi connectivity index (χ1v) is 17.2. The molecule has 3 fully saturated rings. The van der Waals surface area contributed by atoms with Crippen LogP contribution in [0.3, 0.4) is 0 Å². The number of nitrogens with one attached hydrogen (secondary N) is 4. The molecule has 49 heavy (non-hydrogen) atoms. The molecule has 0 bridgehead atoms. The van der Waals surface area contributed by atoms with Crippen molar-refractivity contribution >= 4 is 40.3 Å². The average molecular weight is 679 g/mol. The number of benzene rings is 1. The third kappa shape index (κ3) is 9.39. The van der Waals surface area contributed by atoms with Crippen molar-refractivity contribution in [2.45, 2.75) is 116 Å². The van der Waals surface area contributed by atoms with Crippen LogP contribution < -0.4 is 30.7 Å². The number of hydrogen-bond donors (Lipinski definition) is 4. The van der Waals surface area contributed by atoms with Crippen molar-refractivity contribution in [2.24, 2.45) is 11.3 Å². The van der Waals surface area contributed by atoms with Gasteiger partial charge in [0.2, 0.25) is 23.5 Å². The maximum Gasteiger partial charge on any atom is 0.315 e. The van der Waals surface area contributed by atoms with E-state index in [9.17, 15) is 24.0 Å². The fourth-order valence-electron chi connectivity index (χ4n) is 6.03. The number of aromatic nitrogens is 1. The van der Waals surface area contributed by atoms with E-state index in [1.807, 2.05) is 59.7 Å². The first-order chi connectivity index (χ1) is 23.0. The van der Waals surface area contributed by atoms with Gasteiger partial charge in [0, 0.05) is 29.6 Å². The standard InChI is InChI=1S/C36H50N6O7/c1-35(2,3)29(40-34(47)41-36(4,5)6)33(46)42-19-24(49-32-25-13-12-23(48-7)17-21(25)14-15-37-32)18-27(42)30(44)39-26(16-20-8-9-20)28(43)31(45)38-22-10-11-22/h12-15,17,20,22,24,26-27,29H,8-11,16,18-19H2,1-7H3,(H,38,45)(H,39,44)(H2,40,41,47)/t24-,26+,27?,29-/m1/s1. The zero-order valence-corrected chi connectivity index (χ0v) is 29.6. The van der Waals surface area contributed by atoms with Crippen LogP contribution in [0.2, 0.25) is 0 Å². The fourth-order valence-corrected chi connectivity index (χ4v) is 6.03. The summed E-state index contributed by atoms with van der Waals surface area (Å²) in [6, 6.07) is 3.78. The number of fused-ring (bicyclic) bond motifs is 1. The molecule has 4 N–H and O–H groups in total. The molecule has 0 radical (unpaired) electrons. The quantitative estimate of drug-likeness (QED) is 0.248. The van der Waals surface area contributed by atoms with Crippen molar-refractivity contribution < 1.29 is 33.4 Å². The zero-order chi connectivity index (χ0) is 35.7. The minimum Gasteiger partial charge on any atom is -0.497 e. The Morgan fingerprint density at radius 2 is 1.69 bits per heavy atom. The van der Waals surface area contributed by atoms with Crippen LogP contribution in [-0.2, 0) is 19.2 Å². The van der Waals surface area contributed by atoms with E-state index in [2.05, 4.69) is 26.3 Å². The number of pyridine rings is 1. The van der Waals surface area contributed by atoms with Crippen LogP contribution in [0.25, 0.3) is 10.8 Å². The number of rotatable bonds is 12. The van der Waals surface area contributed by atoms with Crippen LogP contribution in [0.5, 0.6) is 11.6 Å². The van der Waals surface area contributed by atoms with Crippen LogP contribution in [0.4, 0.5) is 4.79 Å². The second-order valence-corrected chi connectivity index (χ2v) is 15.7. The van der Waals surface area contributed by atoms with Crippen LogP contribution in [0.15, 0.2) is 30.5 Å². The molecule has 5 amide bonds. The Labute approximate surface area is 287 Å². The highest BCUT2D eigenvalue weighted by Crippen LogP contribution is 2.35. The van der Waals surface area contributed by atoms with Crippen molar-refractivity contribution in [2.75, 3.05) is 13.7 Å². The molecule has 2 aromatic rings. The van der Waals surface area contributed by atoms with Gasteiger partial charge in [0.15, 0.2) is 0 Å². The number of amides is 5. The SMILES string of the molecule is COc1ccc2c(O[C@@H]3CC(C(=O)N[C@@H](CC4CC4)C(=O)C(=O)NC4CC4)N(C(=O)[C@@H](NC(=O)NC(C)(C)C)C(C)(C)C)C3)nccc2c1. The first-order valence-electron chi connectivity index (χ1n) is 17.2. The highest BCUT2D eigenvalue weighted by molar-refractivity contribution is 6.38. The molecular formula is C36H50N6O7. The predicted molar refractivity (Wildman–Crippen MR) is 183 cm³/mol. The summed E-state index contributed by atoms with van der Waals surface area (Å²) in [6.07, 6.45) is 4.94. The summed E-state index contributed by atoms with van der Waals surface area (Å²) in [5.74, 6) is -1.14. The third-order valence-electron chi connectivity index (χ3n) is 8.97. The van der Waals surface area contributed by atoms with Crippen LogP contribution in [0.1, 0.15) is 80.1 Å². The molecule has 1 aromatic carbocycles. The molecule has 1 aliphatic heterocycles. The monoisotopic (exact) mass is 678 g/mol. The van der Waals surface area contributed by atoms with E-state index in [1.165, 1.54) is 4.90 Å². The van der Waals surface area contributed by atoms with Crippen molar-refractivity contribution in [1.29, 1.82) is 0 Å². The highest BCUT2D eigenvalue weighted by atomic mass is 16.5. The Kier molecular flexibility index (Phi) is 10.4. The normalized spacial score (nSPS) is 20.6. The summed E-state index contributed by atoms with van der Waals surface area (Å²) in [5.41, 5.74) is -1.27. The van der Waals surface area contributed by atoms with E-state index in [0.717, 1.165) is 36.5 Å². The number of urea groups is 1.